The van der Waals surface area contributed by atoms with Crippen molar-refractivity contribution in [3.8, 4) is 23.1 Å². The number of rotatable bonds is 5. The van der Waals surface area contributed by atoms with Gasteiger partial charge in [-0.2, -0.15) is 23.5 Å². The van der Waals surface area contributed by atoms with Crippen LogP contribution in [0.5, 0.6) is 5.75 Å². The van der Waals surface area contributed by atoms with E-state index in [-0.39, 0.29) is 23.0 Å². The Balaban J connectivity index is 2.01. The van der Waals surface area contributed by atoms with Crippen LogP contribution in [-0.2, 0) is 6.18 Å². The van der Waals surface area contributed by atoms with E-state index < -0.39 is 28.7 Å². The molecule has 0 aliphatic rings. The van der Waals surface area contributed by atoms with Crippen molar-refractivity contribution < 1.29 is 22.3 Å². The number of methoxy groups -OCH3 is 1. The van der Waals surface area contributed by atoms with Crippen molar-refractivity contribution in [2.24, 2.45) is 5.10 Å². The number of nitrogens with zero attached hydrogens (tertiary/aromatic N) is 3. The summed E-state index contributed by atoms with van der Waals surface area (Å²) in [7, 11) is 1.13. The fourth-order valence-corrected chi connectivity index (χ4v) is 2.76. The molecular weight excluding hydrogens is 418 g/mol. The number of halogens is 4. The molecule has 11 heteroatoms. The SMILES string of the molecule is COc1ccc(F)c(C(F)(F)F)c1C=NNc1nc(-c2ccccc2)c(C#N)c(=O)[nH]1. The van der Waals surface area contributed by atoms with Gasteiger partial charge in [0.2, 0.25) is 5.95 Å². The Kier molecular flexibility index (Phi) is 6.01. The predicted molar refractivity (Wildman–Crippen MR) is 104 cm³/mol. The first-order valence-electron chi connectivity index (χ1n) is 8.59. The zero-order valence-electron chi connectivity index (χ0n) is 15.8. The van der Waals surface area contributed by atoms with Gasteiger partial charge in [0, 0.05) is 5.56 Å². The Hall–Kier alpha value is -4.20. The maximum absolute atomic E-state index is 13.8. The first-order valence-corrected chi connectivity index (χ1v) is 8.59. The smallest absolute Gasteiger partial charge is 0.419 e. The van der Waals surface area contributed by atoms with Crippen LogP contribution in [0.4, 0.5) is 23.5 Å². The molecule has 0 saturated carbocycles. The van der Waals surface area contributed by atoms with Gasteiger partial charge in [0.15, 0.2) is 0 Å². The van der Waals surface area contributed by atoms with E-state index in [1.165, 1.54) is 0 Å². The summed E-state index contributed by atoms with van der Waals surface area (Å²) in [5.41, 5.74) is -0.390. The van der Waals surface area contributed by atoms with Crippen LogP contribution in [0.25, 0.3) is 11.3 Å². The molecule has 2 N–H and O–H groups in total. The van der Waals surface area contributed by atoms with Crippen LogP contribution in [0.3, 0.4) is 0 Å². The maximum atomic E-state index is 13.8. The number of nitrogens with one attached hydrogen (secondary N) is 2. The number of hydrazone groups is 1. The molecule has 158 valence electrons. The highest BCUT2D eigenvalue weighted by Crippen LogP contribution is 2.37. The number of alkyl halides is 3. The fourth-order valence-electron chi connectivity index (χ4n) is 2.76. The summed E-state index contributed by atoms with van der Waals surface area (Å²) in [5, 5.41) is 12.9. The lowest BCUT2D eigenvalue weighted by Crippen LogP contribution is -2.16. The molecule has 3 aromatic rings. The number of ether oxygens (including phenoxy) is 1. The third kappa shape index (κ3) is 4.53. The topological polar surface area (TPSA) is 103 Å². The minimum Gasteiger partial charge on any atom is -0.496 e. The summed E-state index contributed by atoms with van der Waals surface area (Å²) in [4.78, 5) is 18.6. The molecular formula is C20H13F4N5O2. The van der Waals surface area contributed by atoms with Crippen molar-refractivity contribution in [2.75, 3.05) is 12.5 Å². The second-order valence-corrected chi connectivity index (χ2v) is 6.02. The van der Waals surface area contributed by atoms with Gasteiger partial charge in [-0.25, -0.2) is 14.8 Å². The number of aromatic amines is 1. The van der Waals surface area contributed by atoms with Crippen LogP contribution in [0.1, 0.15) is 16.7 Å². The maximum Gasteiger partial charge on any atom is 0.419 e. The van der Waals surface area contributed by atoms with E-state index >= 15 is 0 Å². The summed E-state index contributed by atoms with van der Waals surface area (Å²) in [6, 6.07) is 11.8. The van der Waals surface area contributed by atoms with E-state index in [0.29, 0.717) is 17.8 Å². The van der Waals surface area contributed by atoms with Crippen molar-refractivity contribution in [2.45, 2.75) is 6.18 Å². The molecule has 0 bridgehead atoms. The number of anilines is 1. The van der Waals surface area contributed by atoms with Crippen molar-refractivity contribution in [1.29, 1.82) is 5.26 Å². The highest BCUT2D eigenvalue weighted by molar-refractivity contribution is 5.86. The molecule has 0 atom stereocenters. The van der Waals surface area contributed by atoms with Gasteiger partial charge in [-0.3, -0.25) is 9.78 Å². The molecule has 0 amide bonds. The molecule has 1 aromatic heterocycles. The highest BCUT2D eigenvalue weighted by atomic mass is 19.4. The van der Waals surface area contributed by atoms with Gasteiger partial charge in [0.25, 0.3) is 5.56 Å². The average Bonchev–Trinajstić information content (AvgIpc) is 2.73. The van der Waals surface area contributed by atoms with E-state index in [4.69, 9.17) is 4.74 Å². The second kappa shape index (κ2) is 8.66. The molecule has 0 aliphatic heterocycles. The summed E-state index contributed by atoms with van der Waals surface area (Å²) < 4.78 is 58.6. The Morgan fingerprint density at radius 2 is 1.94 bits per heavy atom. The molecule has 3 rings (SSSR count). The molecule has 0 unspecified atom stereocenters. The number of hydrogen-bond donors (Lipinski definition) is 2. The first-order chi connectivity index (χ1) is 14.8. The number of H-pyrrole nitrogens is 1. The van der Waals surface area contributed by atoms with E-state index in [1.807, 2.05) is 0 Å². The molecule has 7 nitrogen and oxygen atoms in total. The van der Waals surface area contributed by atoms with Crippen molar-refractivity contribution >= 4 is 12.2 Å². The quantitative estimate of drug-likeness (QED) is 0.362. The lowest BCUT2D eigenvalue weighted by atomic mass is 10.1. The van der Waals surface area contributed by atoms with Crippen LogP contribution in [0.2, 0.25) is 0 Å². The van der Waals surface area contributed by atoms with Gasteiger partial charge in [-0.15, -0.1) is 0 Å². The van der Waals surface area contributed by atoms with Crippen molar-refractivity contribution in [1.82, 2.24) is 9.97 Å². The Labute approximate surface area is 172 Å². The predicted octanol–water partition coefficient (Wildman–Crippen LogP) is 3.92. The Morgan fingerprint density at radius 1 is 1.23 bits per heavy atom. The van der Waals surface area contributed by atoms with Gasteiger partial charge in [-0.05, 0) is 12.1 Å². The van der Waals surface area contributed by atoms with E-state index in [9.17, 15) is 27.6 Å². The highest BCUT2D eigenvalue weighted by Gasteiger charge is 2.38. The largest absolute Gasteiger partial charge is 0.496 e. The molecule has 1 heterocycles. The van der Waals surface area contributed by atoms with Gasteiger partial charge >= 0.3 is 6.18 Å². The summed E-state index contributed by atoms with van der Waals surface area (Å²) >= 11 is 0. The lowest BCUT2D eigenvalue weighted by molar-refractivity contribution is -0.140. The molecule has 0 spiro atoms. The number of hydrogen-bond acceptors (Lipinski definition) is 6. The minimum absolute atomic E-state index is 0.0591. The standard InChI is InChI=1S/C20H13F4N5O2/c1-31-15-8-7-14(21)16(20(22,23)24)13(15)10-26-29-19-27-17(11-5-3-2-4-6-11)12(9-25)18(30)28-19/h2-8,10H,1H3,(H2,27,28,29,30). The zero-order valence-corrected chi connectivity index (χ0v) is 15.8. The summed E-state index contributed by atoms with van der Waals surface area (Å²) in [5.74, 6) is -1.99. The lowest BCUT2D eigenvalue weighted by Gasteiger charge is -2.14. The minimum atomic E-state index is -5.00. The number of benzene rings is 2. The van der Waals surface area contributed by atoms with Crippen LogP contribution in [0.15, 0.2) is 52.4 Å². The van der Waals surface area contributed by atoms with E-state index in [0.717, 1.165) is 13.2 Å². The van der Waals surface area contributed by atoms with Gasteiger partial charge in [0.05, 0.1) is 24.6 Å². The molecule has 0 aliphatic carbocycles. The van der Waals surface area contributed by atoms with Gasteiger partial charge < -0.3 is 4.74 Å². The number of aromatic nitrogens is 2. The summed E-state index contributed by atoms with van der Waals surface area (Å²) in [6.07, 6.45) is -4.30. The fraction of sp³-hybridized carbons (Fsp3) is 0.100. The van der Waals surface area contributed by atoms with Crippen LogP contribution >= 0.6 is 0 Å². The Bertz CT molecular complexity index is 1230. The van der Waals surface area contributed by atoms with Crippen molar-refractivity contribution in [3.05, 3.63) is 75.3 Å². The summed E-state index contributed by atoms with van der Waals surface area (Å²) in [6.45, 7) is 0. The number of nitriles is 1. The second-order valence-electron chi connectivity index (χ2n) is 6.02. The van der Waals surface area contributed by atoms with Gasteiger partial charge in [0.1, 0.15) is 28.8 Å². The molecule has 31 heavy (non-hydrogen) atoms. The molecule has 0 fully saturated rings. The van der Waals surface area contributed by atoms with Crippen LogP contribution < -0.4 is 15.7 Å². The van der Waals surface area contributed by atoms with E-state index in [2.05, 4.69) is 20.5 Å². The molecule has 0 radical (unpaired) electrons. The third-order valence-corrected chi connectivity index (χ3v) is 4.10. The average molecular weight is 431 g/mol. The monoisotopic (exact) mass is 431 g/mol. The zero-order chi connectivity index (χ0) is 22.6. The normalized spacial score (nSPS) is 11.4. The van der Waals surface area contributed by atoms with Gasteiger partial charge in [-0.1, -0.05) is 30.3 Å². The third-order valence-electron chi connectivity index (χ3n) is 4.10. The van der Waals surface area contributed by atoms with Crippen molar-refractivity contribution in [3.63, 3.8) is 0 Å². The van der Waals surface area contributed by atoms with E-state index in [1.54, 1.807) is 36.4 Å². The van der Waals surface area contributed by atoms with Crippen LogP contribution in [0, 0.1) is 17.1 Å². The molecule has 2 aromatic carbocycles. The first kappa shape index (κ1) is 21.5. The molecule has 0 saturated heterocycles. The van der Waals surface area contributed by atoms with Crippen LogP contribution in [-0.4, -0.2) is 23.3 Å². The Morgan fingerprint density at radius 3 is 2.55 bits per heavy atom.